The van der Waals surface area contributed by atoms with E-state index in [9.17, 15) is 20.1 Å². The number of hydrogen-bond donors (Lipinski definition) is 3. The molecule has 1 heterocycles. The van der Waals surface area contributed by atoms with Crippen molar-refractivity contribution >= 4 is 5.91 Å². The van der Waals surface area contributed by atoms with Gasteiger partial charge < -0.3 is 20.2 Å². The molecule has 1 spiro atoms. The summed E-state index contributed by atoms with van der Waals surface area (Å²) in [6, 6.07) is 16.8. The van der Waals surface area contributed by atoms with Crippen LogP contribution in [0.2, 0.25) is 0 Å². The number of phenolic OH excluding ortho intramolecular Hbond substituents is 1. The Bertz CT molecular complexity index is 807. The van der Waals surface area contributed by atoms with Crippen LogP contribution in [-0.2, 0) is 11.2 Å². The lowest BCUT2D eigenvalue weighted by atomic mass is 9.95. The van der Waals surface area contributed by atoms with E-state index in [4.69, 9.17) is 0 Å². The zero-order chi connectivity index (χ0) is 19.0. The van der Waals surface area contributed by atoms with Crippen molar-refractivity contribution in [2.75, 3.05) is 19.7 Å². The van der Waals surface area contributed by atoms with Crippen molar-refractivity contribution in [1.29, 1.82) is 0 Å². The zero-order valence-electron chi connectivity index (χ0n) is 15.2. The first kappa shape index (κ1) is 18.0. The Labute approximate surface area is 158 Å². The van der Waals surface area contributed by atoms with Gasteiger partial charge in [0.05, 0.1) is 6.10 Å². The third kappa shape index (κ3) is 3.11. The second-order valence-electron chi connectivity index (χ2n) is 7.75. The van der Waals surface area contributed by atoms with Gasteiger partial charge in [0, 0.05) is 31.5 Å². The fraction of sp³-hybridized carbons (Fsp3) is 0.409. The lowest BCUT2D eigenvalue weighted by Crippen LogP contribution is -2.29. The Balaban J connectivity index is 1.43. The van der Waals surface area contributed by atoms with E-state index < -0.39 is 11.5 Å². The molecule has 27 heavy (non-hydrogen) atoms. The van der Waals surface area contributed by atoms with E-state index in [1.165, 1.54) is 0 Å². The minimum absolute atomic E-state index is 0.00945. The normalized spacial score (nSPS) is 29.3. The molecule has 2 aromatic carbocycles. The summed E-state index contributed by atoms with van der Waals surface area (Å²) in [6.45, 7) is 0.841. The van der Waals surface area contributed by atoms with Gasteiger partial charge in [-0.2, -0.15) is 0 Å². The van der Waals surface area contributed by atoms with E-state index in [-0.39, 0.29) is 30.1 Å². The maximum Gasteiger partial charge on any atom is 0.223 e. The third-order valence-corrected chi connectivity index (χ3v) is 6.31. The van der Waals surface area contributed by atoms with Crippen LogP contribution in [0.4, 0.5) is 0 Å². The lowest BCUT2D eigenvalue weighted by Gasteiger charge is -2.17. The van der Waals surface area contributed by atoms with Gasteiger partial charge in [-0.25, -0.2) is 0 Å². The highest BCUT2D eigenvalue weighted by atomic mass is 16.3. The van der Waals surface area contributed by atoms with E-state index in [0.29, 0.717) is 25.9 Å². The first-order chi connectivity index (χ1) is 13.1. The monoisotopic (exact) mass is 367 g/mol. The van der Waals surface area contributed by atoms with Crippen molar-refractivity contribution in [3.05, 3.63) is 65.7 Å². The second kappa shape index (κ2) is 6.98. The number of amides is 1. The summed E-state index contributed by atoms with van der Waals surface area (Å²) >= 11 is 0. The predicted octanol–water partition coefficient (Wildman–Crippen LogP) is 1.92. The number of aromatic hydroxyl groups is 1. The van der Waals surface area contributed by atoms with Gasteiger partial charge >= 0.3 is 0 Å². The smallest absolute Gasteiger partial charge is 0.223 e. The number of aliphatic hydroxyl groups is 2. The van der Waals surface area contributed by atoms with E-state index in [0.717, 1.165) is 11.1 Å². The summed E-state index contributed by atoms with van der Waals surface area (Å²) < 4.78 is 0. The van der Waals surface area contributed by atoms with Gasteiger partial charge in [-0.15, -0.1) is 0 Å². The van der Waals surface area contributed by atoms with E-state index >= 15 is 0 Å². The average molecular weight is 367 g/mol. The molecule has 4 rings (SSSR count). The topological polar surface area (TPSA) is 81.0 Å². The molecule has 1 saturated carbocycles. The summed E-state index contributed by atoms with van der Waals surface area (Å²) in [6.07, 6.45) is 0.356. The fourth-order valence-electron chi connectivity index (χ4n) is 4.83. The highest BCUT2D eigenvalue weighted by Gasteiger charge is 2.71. The van der Waals surface area contributed by atoms with Crippen molar-refractivity contribution < 1.29 is 20.1 Å². The highest BCUT2D eigenvalue weighted by molar-refractivity contribution is 5.77. The Morgan fingerprint density at radius 2 is 1.81 bits per heavy atom. The Kier molecular flexibility index (Phi) is 4.66. The molecule has 5 heteroatoms. The standard InChI is InChI=1S/C22H25NO4/c24-13-18-21(16-4-2-1-3-5-16)22(18)14-23(12-19(22)26)20(27)11-8-15-6-9-17(25)10-7-15/h1-7,9-10,18-19,21,24-26H,8,11-14H2/t18-,19-,21-,22-/m1/s1. The summed E-state index contributed by atoms with van der Waals surface area (Å²) in [7, 11) is 0. The molecule has 142 valence electrons. The summed E-state index contributed by atoms with van der Waals surface area (Å²) in [4.78, 5) is 14.4. The number of carbonyl (C=O) groups excluding carboxylic acids is 1. The van der Waals surface area contributed by atoms with Crippen molar-refractivity contribution in [3.63, 3.8) is 0 Å². The molecule has 4 atom stereocenters. The number of nitrogens with zero attached hydrogens (tertiary/aromatic N) is 1. The van der Waals surface area contributed by atoms with Crippen LogP contribution in [0.15, 0.2) is 54.6 Å². The summed E-state index contributed by atoms with van der Waals surface area (Å²) in [5, 5.41) is 29.9. The number of likely N-dealkylation sites (tertiary alicyclic amines) is 1. The highest BCUT2D eigenvalue weighted by Crippen LogP contribution is 2.68. The van der Waals surface area contributed by atoms with Crippen LogP contribution < -0.4 is 0 Å². The molecule has 0 bridgehead atoms. The number of carbonyl (C=O) groups is 1. The third-order valence-electron chi connectivity index (χ3n) is 6.31. The van der Waals surface area contributed by atoms with Crippen molar-refractivity contribution in [3.8, 4) is 5.75 Å². The largest absolute Gasteiger partial charge is 0.508 e. The molecule has 1 amide bonds. The van der Waals surface area contributed by atoms with E-state index in [2.05, 4.69) is 0 Å². The van der Waals surface area contributed by atoms with E-state index in [1.807, 2.05) is 42.5 Å². The number of hydrogen-bond acceptors (Lipinski definition) is 4. The van der Waals surface area contributed by atoms with Gasteiger partial charge in [-0.1, -0.05) is 42.5 Å². The Morgan fingerprint density at radius 3 is 2.48 bits per heavy atom. The molecule has 3 N–H and O–H groups in total. The minimum Gasteiger partial charge on any atom is -0.508 e. The first-order valence-corrected chi connectivity index (χ1v) is 9.46. The maximum atomic E-state index is 12.7. The van der Waals surface area contributed by atoms with Gasteiger partial charge in [0.25, 0.3) is 0 Å². The van der Waals surface area contributed by atoms with Gasteiger partial charge in [-0.05, 0) is 41.5 Å². The second-order valence-corrected chi connectivity index (χ2v) is 7.75. The van der Waals surface area contributed by atoms with Gasteiger partial charge in [0.15, 0.2) is 0 Å². The predicted molar refractivity (Wildman–Crippen MR) is 101 cm³/mol. The fourth-order valence-corrected chi connectivity index (χ4v) is 4.83. The van der Waals surface area contributed by atoms with Crippen LogP contribution in [0.3, 0.4) is 0 Å². The molecule has 1 saturated heterocycles. The zero-order valence-corrected chi connectivity index (χ0v) is 15.2. The van der Waals surface area contributed by atoms with Crippen LogP contribution in [0.25, 0.3) is 0 Å². The van der Waals surface area contributed by atoms with Crippen LogP contribution >= 0.6 is 0 Å². The molecule has 0 unspecified atom stereocenters. The van der Waals surface area contributed by atoms with Crippen LogP contribution in [0, 0.1) is 11.3 Å². The quantitative estimate of drug-likeness (QED) is 0.754. The number of aryl methyl sites for hydroxylation is 1. The van der Waals surface area contributed by atoms with Crippen LogP contribution in [0.5, 0.6) is 5.75 Å². The molecule has 0 aromatic heterocycles. The lowest BCUT2D eigenvalue weighted by molar-refractivity contribution is -0.130. The van der Waals surface area contributed by atoms with Crippen LogP contribution in [0.1, 0.15) is 23.5 Å². The summed E-state index contributed by atoms with van der Waals surface area (Å²) in [5.74, 6) is 0.318. The summed E-state index contributed by atoms with van der Waals surface area (Å²) in [5.41, 5.74) is 1.69. The molecule has 2 aliphatic rings. The molecular formula is C22H25NO4. The number of benzene rings is 2. The molecule has 2 fully saturated rings. The van der Waals surface area contributed by atoms with Crippen molar-refractivity contribution in [2.24, 2.45) is 11.3 Å². The van der Waals surface area contributed by atoms with Crippen LogP contribution in [-0.4, -0.2) is 51.9 Å². The number of rotatable bonds is 5. The average Bonchev–Trinajstić information content (AvgIpc) is 3.22. The Hall–Kier alpha value is -2.37. The molecular weight excluding hydrogens is 342 g/mol. The minimum atomic E-state index is -0.613. The Morgan fingerprint density at radius 1 is 1.11 bits per heavy atom. The molecule has 5 nitrogen and oxygen atoms in total. The number of aliphatic hydroxyl groups excluding tert-OH is 2. The molecule has 1 aliphatic heterocycles. The van der Waals surface area contributed by atoms with Gasteiger partial charge in [0.1, 0.15) is 5.75 Å². The number of β-amino-alcohol motifs (C(OH)–C–C–N with tert-alkyl or cyclic N) is 1. The van der Waals surface area contributed by atoms with Gasteiger partial charge in [0.2, 0.25) is 5.91 Å². The maximum absolute atomic E-state index is 12.7. The molecule has 2 aromatic rings. The van der Waals surface area contributed by atoms with Crippen molar-refractivity contribution in [2.45, 2.75) is 24.9 Å². The molecule has 1 aliphatic carbocycles. The number of phenols is 1. The van der Waals surface area contributed by atoms with Gasteiger partial charge in [-0.3, -0.25) is 4.79 Å². The first-order valence-electron chi connectivity index (χ1n) is 9.46. The molecule has 0 radical (unpaired) electrons. The SMILES string of the molecule is O=C(CCc1ccc(O)cc1)N1C[C@@H](O)[C@@]2(C1)[C@H](CO)[C@H]2c1ccccc1. The van der Waals surface area contributed by atoms with Crippen molar-refractivity contribution in [1.82, 2.24) is 4.90 Å². The van der Waals surface area contributed by atoms with E-state index in [1.54, 1.807) is 17.0 Å².